The van der Waals surface area contributed by atoms with Crippen molar-refractivity contribution in [2.75, 3.05) is 0 Å². The van der Waals surface area contributed by atoms with E-state index in [1.54, 1.807) is 30.5 Å². The van der Waals surface area contributed by atoms with Crippen LogP contribution in [0.25, 0.3) is 16.9 Å². The van der Waals surface area contributed by atoms with E-state index in [-0.39, 0.29) is 11.4 Å². The van der Waals surface area contributed by atoms with Gasteiger partial charge in [-0.2, -0.15) is 0 Å². The van der Waals surface area contributed by atoms with Crippen LogP contribution in [0.2, 0.25) is 0 Å². The van der Waals surface area contributed by atoms with Crippen LogP contribution < -0.4 is 5.69 Å². The smallest absolute Gasteiger partial charge is 0.330 e. The van der Waals surface area contributed by atoms with Gasteiger partial charge >= 0.3 is 5.69 Å². The highest BCUT2D eigenvalue weighted by atomic mass is 16.3. The van der Waals surface area contributed by atoms with Crippen molar-refractivity contribution in [2.24, 2.45) is 0 Å². The Balaban J connectivity index is 2.26. The molecule has 1 heterocycles. The summed E-state index contributed by atoms with van der Waals surface area (Å²) in [6.45, 7) is 0. The van der Waals surface area contributed by atoms with Gasteiger partial charge in [-0.3, -0.25) is 4.57 Å². The minimum Gasteiger partial charge on any atom is -0.506 e. The number of rotatable bonds is 2. The number of para-hydroxylation sites is 2. The van der Waals surface area contributed by atoms with Gasteiger partial charge in [0, 0.05) is 11.8 Å². The van der Waals surface area contributed by atoms with Crippen LogP contribution in [0, 0.1) is 0 Å². The predicted octanol–water partition coefficient (Wildman–Crippen LogP) is 2.54. The van der Waals surface area contributed by atoms with Crippen LogP contribution in [-0.2, 0) is 0 Å². The van der Waals surface area contributed by atoms with Crippen LogP contribution in [0.5, 0.6) is 5.75 Å². The van der Waals surface area contributed by atoms with Crippen LogP contribution in [0.15, 0.2) is 65.6 Å². The quantitative estimate of drug-likeness (QED) is 0.736. The molecule has 0 aliphatic heterocycles. The number of aromatic amines is 1. The van der Waals surface area contributed by atoms with E-state index in [0.717, 1.165) is 5.56 Å². The molecule has 94 valence electrons. The molecular weight excluding hydrogens is 240 g/mol. The number of nitrogens with zero attached hydrogens (tertiary/aromatic N) is 1. The summed E-state index contributed by atoms with van der Waals surface area (Å²) in [7, 11) is 0. The van der Waals surface area contributed by atoms with Gasteiger partial charge in [-0.1, -0.05) is 42.5 Å². The Bertz CT molecular complexity index is 757. The van der Waals surface area contributed by atoms with Gasteiger partial charge in [0.05, 0.1) is 11.4 Å². The Morgan fingerprint density at radius 1 is 0.947 bits per heavy atom. The summed E-state index contributed by atoms with van der Waals surface area (Å²) in [6.07, 6.45) is 1.64. The SMILES string of the molecule is O=c1[nH]cc(-c2ccccc2)n1-c1ccccc1O. The molecule has 0 spiro atoms. The number of aromatic hydroxyl groups is 1. The molecule has 1 aromatic heterocycles. The second kappa shape index (κ2) is 4.49. The first-order chi connectivity index (χ1) is 9.27. The van der Waals surface area contributed by atoms with Gasteiger partial charge in [0.1, 0.15) is 5.75 Å². The van der Waals surface area contributed by atoms with Gasteiger partial charge in [-0.25, -0.2) is 4.79 Å². The molecule has 3 rings (SSSR count). The highest BCUT2D eigenvalue weighted by Crippen LogP contribution is 2.25. The number of hydrogen-bond donors (Lipinski definition) is 2. The van der Waals surface area contributed by atoms with Crippen LogP contribution in [-0.4, -0.2) is 14.7 Å². The summed E-state index contributed by atoms with van der Waals surface area (Å²) in [6, 6.07) is 16.3. The number of phenols is 1. The summed E-state index contributed by atoms with van der Waals surface area (Å²) < 4.78 is 1.46. The van der Waals surface area contributed by atoms with Crippen molar-refractivity contribution in [1.29, 1.82) is 0 Å². The van der Waals surface area contributed by atoms with Crippen molar-refractivity contribution < 1.29 is 5.11 Å². The molecule has 0 saturated heterocycles. The van der Waals surface area contributed by atoms with E-state index in [4.69, 9.17) is 0 Å². The van der Waals surface area contributed by atoms with E-state index in [2.05, 4.69) is 4.98 Å². The third kappa shape index (κ3) is 1.93. The first-order valence-corrected chi connectivity index (χ1v) is 5.91. The van der Waals surface area contributed by atoms with E-state index < -0.39 is 0 Å². The van der Waals surface area contributed by atoms with Crippen LogP contribution >= 0.6 is 0 Å². The van der Waals surface area contributed by atoms with Gasteiger partial charge < -0.3 is 10.1 Å². The molecule has 0 fully saturated rings. The first-order valence-electron chi connectivity index (χ1n) is 5.91. The molecule has 0 aliphatic carbocycles. The average Bonchev–Trinajstić information content (AvgIpc) is 2.82. The molecule has 2 aromatic carbocycles. The molecule has 0 radical (unpaired) electrons. The maximum atomic E-state index is 12.0. The van der Waals surface area contributed by atoms with Gasteiger partial charge in [-0.05, 0) is 12.1 Å². The lowest BCUT2D eigenvalue weighted by Crippen LogP contribution is -2.15. The lowest BCUT2D eigenvalue weighted by molar-refractivity contribution is 0.472. The zero-order valence-corrected chi connectivity index (χ0v) is 10.1. The minimum absolute atomic E-state index is 0.0707. The molecule has 0 amide bonds. The average molecular weight is 252 g/mol. The van der Waals surface area contributed by atoms with Gasteiger partial charge in [0.2, 0.25) is 0 Å². The number of aromatic nitrogens is 2. The van der Waals surface area contributed by atoms with Crippen molar-refractivity contribution in [3.63, 3.8) is 0 Å². The van der Waals surface area contributed by atoms with Crippen LogP contribution in [0.4, 0.5) is 0 Å². The monoisotopic (exact) mass is 252 g/mol. The number of H-pyrrole nitrogens is 1. The van der Waals surface area contributed by atoms with Crippen molar-refractivity contribution >= 4 is 0 Å². The topological polar surface area (TPSA) is 58.0 Å². The van der Waals surface area contributed by atoms with E-state index in [1.165, 1.54) is 4.57 Å². The first kappa shape index (κ1) is 11.3. The maximum absolute atomic E-state index is 12.0. The zero-order valence-electron chi connectivity index (χ0n) is 10.1. The van der Waals surface area contributed by atoms with Crippen LogP contribution in [0.1, 0.15) is 0 Å². The van der Waals surface area contributed by atoms with Crippen LogP contribution in [0.3, 0.4) is 0 Å². The molecule has 4 nitrogen and oxygen atoms in total. The summed E-state index contributed by atoms with van der Waals surface area (Å²) in [5.74, 6) is 0.0707. The van der Waals surface area contributed by atoms with Gasteiger partial charge in [0.15, 0.2) is 0 Å². The molecule has 0 saturated carbocycles. The van der Waals surface area contributed by atoms with Gasteiger partial charge in [0.25, 0.3) is 0 Å². The van der Waals surface area contributed by atoms with Crippen molar-refractivity contribution in [3.05, 3.63) is 71.3 Å². The Morgan fingerprint density at radius 3 is 2.37 bits per heavy atom. The van der Waals surface area contributed by atoms with E-state index in [1.807, 2.05) is 30.3 Å². The standard InChI is InChI=1S/C15H12N2O2/c18-14-9-5-4-8-12(14)17-13(10-16-15(17)19)11-6-2-1-3-7-11/h1-10,18H,(H,16,19). The highest BCUT2D eigenvalue weighted by molar-refractivity contribution is 5.63. The Hall–Kier alpha value is -2.75. The summed E-state index contributed by atoms with van der Waals surface area (Å²) >= 11 is 0. The molecule has 2 N–H and O–H groups in total. The fraction of sp³-hybridized carbons (Fsp3) is 0. The fourth-order valence-electron chi connectivity index (χ4n) is 2.08. The Kier molecular flexibility index (Phi) is 2.68. The third-order valence-electron chi connectivity index (χ3n) is 2.97. The molecule has 0 unspecified atom stereocenters. The Morgan fingerprint density at radius 2 is 1.63 bits per heavy atom. The van der Waals surface area contributed by atoms with E-state index in [9.17, 15) is 9.90 Å². The largest absolute Gasteiger partial charge is 0.506 e. The lowest BCUT2D eigenvalue weighted by atomic mass is 10.1. The predicted molar refractivity (Wildman–Crippen MR) is 73.5 cm³/mol. The molecular formula is C15H12N2O2. The molecule has 3 aromatic rings. The van der Waals surface area contributed by atoms with E-state index >= 15 is 0 Å². The number of phenolic OH excluding ortho intramolecular Hbond substituents is 1. The molecule has 19 heavy (non-hydrogen) atoms. The van der Waals surface area contributed by atoms with Crippen molar-refractivity contribution in [2.45, 2.75) is 0 Å². The van der Waals surface area contributed by atoms with Crippen molar-refractivity contribution in [1.82, 2.24) is 9.55 Å². The summed E-state index contributed by atoms with van der Waals surface area (Å²) in [5.41, 5.74) is 1.81. The minimum atomic E-state index is -0.277. The fourth-order valence-corrected chi connectivity index (χ4v) is 2.08. The second-order valence-corrected chi connectivity index (χ2v) is 4.17. The second-order valence-electron chi connectivity index (χ2n) is 4.17. The number of nitrogens with one attached hydrogen (secondary N) is 1. The molecule has 0 aliphatic rings. The van der Waals surface area contributed by atoms with Crippen molar-refractivity contribution in [3.8, 4) is 22.7 Å². The zero-order chi connectivity index (χ0) is 13.2. The highest BCUT2D eigenvalue weighted by Gasteiger charge is 2.12. The Labute approximate surface area is 109 Å². The van der Waals surface area contributed by atoms with E-state index in [0.29, 0.717) is 11.4 Å². The number of benzene rings is 2. The lowest BCUT2D eigenvalue weighted by Gasteiger charge is -2.08. The normalized spacial score (nSPS) is 10.5. The maximum Gasteiger partial charge on any atom is 0.330 e. The molecule has 4 heteroatoms. The summed E-state index contributed by atoms with van der Waals surface area (Å²) in [5, 5.41) is 9.90. The summed E-state index contributed by atoms with van der Waals surface area (Å²) in [4.78, 5) is 14.6. The number of hydrogen-bond acceptors (Lipinski definition) is 2. The molecule has 0 atom stereocenters. The van der Waals surface area contributed by atoms with Gasteiger partial charge in [-0.15, -0.1) is 0 Å². The molecule has 0 bridgehead atoms. The number of imidazole rings is 1. The third-order valence-corrected chi connectivity index (χ3v) is 2.97.